The number of carbonyl (C=O) groups excluding carboxylic acids is 1. The van der Waals surface area contributed by atoms with Gasteiger partial charge in [-0.1, -0.05) is 73.3 Å². The first-order valence-corrected chi connectivity index (χ1v) is 8.69. The summed E-state index contributed by atoms with van der Waals surface area (Å²) in [6.45, 7) is 0. The van der Waals surface area contributed by atoms with E-state index in [1.807, 2.05) is 18.2 Å². The lowest BCUT2D eigenvalue weighted by atomic mass is 9.84. The molecule has 1 aliphatic rings. The van der Waals surface area contributed by atoms with E-state index in [2.05, 4.69) is 24.3 Å². The van der Waals surface area contributed by atoms with Crippen molar-refractivity contribution in [1.82, 2.24) is 0 Å². The number of hydrogen-bond acceptors (Lipinski definition) is 1. The topological polar surface area (TPSA) is 17.1 Å². The lowest BCUT2D eigenvalue weighted by Gasteiger charge is -2.21. The third-order valence-electron chi connectivity index (χ3n) is 4.58. The molecule has 1 fully saturated rings. The van der Waals surface area contributed by atoms with E-state index in [9.17, 15) is 4.79 Å². The number of carbonyl (C=O) groups is 1. The monoisotopic (exact) mass is 324 g/mol. The maximum atomic E-state index is 12.2. The first-order valence-electron chi connectivity index (χ1n) is 8.31. The van der Waals surface area contributed by atoms with Crippen molar-refractivity contribution in [3.8, 4) is 0 Å². The van der Waals surface area contributed by atoms with E-state index in [1.165, 1.54) is 37.7 Å². The standard InChI is InChI=1S/C21H21ClO/c22-20-9-5-4-8-19(20)21(23)15-12-16-10-13-18(14-11-16)17-6-2-1-3-7-17/h4-5,8-15,17H,1-3,6-7H2. The minimum absolute atomic E-state index is 0.0630. The van der Waals surface area contributed by atoms with Gasteiger partial charge >= 0.3 is 0 Å². The van der Waals surface area contributed by atoms with Gasteiger partial charge in [0, 0.05) is 5.56 Å². The van der Waals surface area contributed by atoms with Gasteiger partial charge in [0.25, 0.3) is 0 Å². The van der Waals surface area contributed by atoms with Gasteiger partial charge in [0.15, 0.2) is 5.78 Å². The van der Waals surface area contributed by atoms with Crippen molar-refractivity contribution in [2.24, 2.45) is 0 Å². The van der Waals surface area contributed by atoms with Crippen LogP contribution < -0.4 is 0 Å². The van der Waals surface area contributed by atoms with Crippen LogP contribution in [0.15, 0.2) is 54.6 Å². The fourth-order valence-corrected chi connectivity index (χ4v) is 3.47. The number of rotatable bonds is 4. The zero-order valence-electron chi connectivity index (χ0n) is 13.2. The highest BCUT2D eigenvalue weighted by atomic mass is 35.5. The van der Waals surface area contributed by atoms with Crippen LogP contribution in [0.2, 0.25) is 5.02 Å². The molecule has 2 aromatic rings. The van der Waals surface area contributed by atoms with Crippen molar-refractivity contribution in [2.75, 3.05) is 0 Å². The molecule has 1 aliphatic carbocycles. The number of ketones is 1. The molecular formula is C21H21ClO. The normalized spacial score (nSPS) is 15.9. The number of benzene rings is 2. The second-order valence-electron chi connectivity index (χ2n) is 6.18. The molecule has 2 aromatic carbocycles. The van der Waals surface area contributed by atoms with Crippen LogP contribution in [0.5, 0.6) is 0 Å². The molecule has 0 aliphatic heterocycles. The SMILES string of the molecule is O=C(C=Cc1ccc(C2CCCCC2)cc1)c1ccccc1Cl. The maximum Gasteiger partial charge on any atom is 0.187 e. The smallest absolute Gasteiger partial charge is 0.187 e. The first-order chi connectivity index (χ1) is 11.2. The second kappa shape index (κ2) is 7.61. The van der Waals surface area contributed by atoms with Crippen LogP contribution in [-0.4, -0.2) is 5.78 Å². The Morgan fingerprint density at radius 2 is 1.65 bits per heavy atom. The minimum Gasteiger partial charge on any atom is -0.289 e. The lowest BCUT2D eigenvalue weighted by Crippen LogP contribution is -2.04. The van der Waals surface area contributed by atoms with Crippen molar-refractivity contribution in [3.63, 3.8) is 0 Å². The summed E-state index contributed by atoms with van der Waals surface area (Å²) in [4.78, 5) is 12.2. The molecule has 23 heavy (non-hydrogen) atoms. The highest BCUT2D eigenvalue weighted by molar-refractivity contribution is 6.34. The van der Waals surface area contributed by atoms with Crippen molar-refractivity contribution in [2.45, 2.75) is 38.0 Å². The zero-order valence-corrected chi connectivity index (χ0v) is 13.9. The van der Waals surface area contributed by atoms with E-state index in [0.717, 1.165) is 5.56 Å². The van der Waals surface area contributed by atoms with Crippen LogP contribution in [0, 0.1) is 0 Å². The van der Waals surface area contributed by atoms with Crippen LogP contribution in [-0.2, 0) is 0 Å². The van der Waals surface area contributed by atoms with Gasteiger partial charge in [0.2, 0.25) is 0 Å². The first kappa shape index (κ1) is 16.0. The molecule has 0 radical (unpaired) electrons. The van der Waals surface area contributed by atoms with Gasteiger partial charge in [0.1, 0.15) is 0 Å². The molecule has 0 saturated heterocycles. The van der Waals surface area contributed by atoms with Gasteiger partial charge in [-0.15, -0.1) is 0 Å². The molecule has 0 spiro atoms. The van der Waals surface area contributed by atoms with Crippen LogP contribution in [0.3, 0.4) is 0 Å². The highest BCUT2D eigenvalue weighted by Crippen LogP contribution is 2.32. The third-order valence-corrected chi connectivity index (χ3v) is 4.91. The Morgan fingerprint density at radius 3 is 2.35 bits per heavy atom. The van der Waals surface area contributed by atoms with E-state index in [-0.39, 0.29) is 5.78 Å². The molecule has 0 bridgehead atoms. The molecule has 1 nitrogen and oxygen atoms in total. The minimum atomic E-state index is -0.0630. The Balaban J connectivity index is 1.68. The molecule has 118 valence electrons. The fourth-order valence-electron chi connectivity index (χ4n) is 3.24. The van der Waals surface area contributed by atoms with Crippen LogP contribution in [0.1, 0.15) is 59.5 Å². The van der Waals surface area contributed by atoms with E-state index in [0.29, 0.717) is 16.5 Å². The molecule has 2 heteroatoms. The Hall–Kier alpha value is -1.86. The van der Waals surface area contributed by atoms with Crippen molar-refractivity contribution < 1.29 is 4.79 Å². The average Bonchev–Trinajstić information content (AvgIpc) is 2.61. The maximum absolute atomic E-state index is 12.2. The van der Waals surface area contributed by atoms with E-state index in [1.54, 1.807) is 18.2 Å². The van der Waals surface area contributed by atoms with Gasteiger partial charge in [-0.3, -0.25) is 4.79 Å². The summed E-state index contributed by atoms with van der Waals surface area (Å²) >= 11 is 6.05. The van der Waals surface area contributed by atoms with Gasteiger partial charge in [-0.05, 0) is 48.1 Å². The molecule has 0 amide bonds. The molecule has 0 aromatic heterocycles. The molecule has 1 saturated carbocycles. The molecule has 0 unspecified atom stereocenters. The van der Waals surface area contributed by atoms with Crippen molar-refractivity contribution in [3.05, 3.63) is 76.3 Å². The van der Waals surface area contributed by atoms with Gasteiger partial charge in [-0.25, -0.2) is 0 Å². The molecular weight excluding hydrogens is 304 g/mol. The number of halogens is 1. The van der Waals surface area contributed by atoms with E-state index in [4.69, 9.17) is 11.6 Å². The van der Waals surface area contributed by atoms with Gasteiger partial charge < -0.3 is 0 Å². The summed E-state index contributed by atoms with van der Waals surface area (Å²) < 4.78 is 0. The Bertz CT molecular complexity index is 694. The largest absolute Gasteiger partial charge is 0.289 e. The predicted molar refractivity (Wildman–Crippen MR) is 97.1 cm³/mol. The molecule has 3 rings (SSSR count). The Kier molecular flexibility index (Phi) is 5.30. The summed E-state index contributed by atoms with van der Waals surface area (Å²) in [5.74, 6) is 0.651. The quantitative estimate of drug-likeness (QED) is 0.477. The van der Waals surface area contributed by atoms with Crippen molar-refractivity contribution >= 4 is 23.5 Å². The molecule has 0 N–H and O–H groups in total. The summed E-state index contributed by atoms with van der Waals surface area (Å²) in [5.41, 5.74) is 3.02. The summed E-state index contributed by atoms with van der Waals surface area (Å²) in [6.07, 6.45) is 10.1. The number of allylic oxidation sites excluding steroid dienone is 1. The average molecular weight is 325 g/mol. The third kappa shape index (κ3) is 4.11. The lowest BCUT2D eigenvalue weighted by molar-refractivity contribution is 0.104. The van der Waals surface area contributed by atoms with E-state index < -0.39 is 0 Å². The van der Waals surface area contributed by atoms with Gasteiger partial charge in [0.05, 0.1) is 5.02 Å². The van der Waals surface area contributed by atoms with Crippen LogP contribution in [0.25, 0.3) is 6.08 Å². The second-order valence-corrected chi connectivity index (χ2v) is 6.59. The Morgan fingerprint density at radius 1 is 0.957 bits per heavy atom. The highest BCUT2D eigenvalue weighted by Gasteiger charge is 2.14. The number of hydrogen-bond donors (Lipinski definition) is 0. The summed E-state index contributed by atoms with van der Waals surface area (Å²) in [5, 5.41) is 0.495. The van der Waals surface area contributed by atoms with Crippen LogP contribution in [0.4, 0.5) is 0 Å². The van der Waals surface area contributed by atoms with Crippen LogP contribution >= 0.6 is 11.6 Å². The predicted octanol–water partition coefficient (Wildman–Crippen LogP) is 6.28. The summed E-state index contributed by atoms with van der Waals surface area (Å²) in [7, 11) is 0. The van der Waals surface area contributed by atoms with E-state index >= 15 is 0 Å². The molecule has 0 heterocycles. The Labute approximate surface area is 143 Å². The zero-order chi connectivity index (χ0) is 16.1. The molecule has 0 atom stereocenters. The summed E-state index contributed by atoms with van der Waals surface area (Å²) in [6, 6.07) is 15.7. The van der Waals surface area contributed by atoms with Crippen molar-refractivity contribution in [1.29, 1.82) is 0 Å². The van der Waals surface area contributed by atoms with Gasteiger partial charge in [-0.2, -0.15) is 0 Å². The fraction of sp³-hybridized carbons (Fsp3) is 0.286.